The first-order valence-electron chi connectivity index (χ1n) is 8.11. The van der Waals surface area contributed by atoms with Gasteiger partial charge in [-0.05, 0) is 68.8 Å². The standard InChI is InChI=1S/C18H24N2/c1-12-13(2)20-9-5-6-14-10-15(11-16(12)18(14)20)17-7-3-4-8-19-17/h10-11,17,19H,3-9H2,1-2H3. The van der Waals surface area contributed by atoms with Crippen LogP contribution >= 0.6 is 0 Å². The van der Waals surface area contributed by atoms with Gasteiger partial charge in [0.2, 0.25) is 0 Å². The summed E-state index contributed by atoms with van der Waals surface area (Å²) in [5.41, 5.74) is 7.57. The minimum absolute atomic E-state index is 0.578. The minimum Gasteiger partial charge on any atom is -0.344 e. The van der Waals surface area contributed by atoms with Crippen molar-refractivity contribution in [3.63, 3.8) is 0 Å². The SMILES string of the molecule is Cc1c(C)n2c3c(cc(C4CCCCN4)cc13)CCC2. The minimum atomic E-state index is 0.578. The van der Waals surface area contributed by atoms with Gasteiger partial charge in [-0.1, -0.05) is 12.5 Å². The molecule has 0 bridgehead atoms. The summed E-state index contributed by atoms with van der Waals surface area (Å²) in [7, 11) is 0. The molecule has 2 aliphatic rings. The van der Waals surface area contributed by atoms with Crippen LogP contribution in [0.1, 0.15) is 54.1 Å². The Morgan fingerprint density at radius 1 is 1.15 bits per heavy atom. The second kappa shape index (κ2) is 4.63. The van der Waals surface area contributed by atoms with Crippen molar-refractivity contribution in [1.82, 2.24) is 9.88 Å². The first kappa shape index (κ1) is 12.5. The monoisotopic (exact) mass is 268 g/mol. The van der Waals surface area contributed by atoms with Crippen LogP contribution in [0.3, 0.4) is 0 Å². The molecular weight excluding hydrogens is 244 g/mol. The van der Waals surface area contributed by atoms with E-state index in [4.69, 9.17) is 0 Å². The highest BCUT2D eigenvalue weighted by atomic mass is 15.0. The fourth-order valence-electron chi connectivity index (χ4n) is 4.12. The number of rotatable bonds is 1. The first-order chi connectivity index (χ1) is 9.75. The van der Waals surface area contributed by atoms with E-state index in [1.807, 2.05) is 0 Å². The van der Waals surface area contributed by atoms with Crippen LogP contribution in [0.5, 0.6) is 0 Å². The number of hydrogen-bond donors (Lipinski definition) is 1. The van der Waals surface area contributed by atoms with Gasteiger partial charge in [0.05, 0.1) is 5.52 Å². The van der Waals surface area contributed by atoms with Crippen molar-refractivity contribution in [3.05, 3.63) is 34.5 Å². The molecule has 2 aliphatic heterocycles. The summed E-state index contributed by atoms with van der Waals surface area (Å²) in [6.45, 7) is 6.95. The summed E-state index contributed by atoms with van der Waals surface area (Å²) in [6, 6.07) is 5.53. The molecule has 3 heterocycles. The molecule has 4 rings (SSSR count). The van der Waals surface area contributed by atoms with Crippen molar-refractivity contribution in [3.8, 4) is 0 Å². The molecule has 0 saturated carbocycles. The van der Waals surface area contributed by atoms with E-state index in [0.717, 1.165) is 0 Å². The Bertz CT molecular complexity index is 660. The van der Waals surface area contributed by atoms with Crippen molar-refractivity contribution in [2.45, 2.75) is 58.5 Å². The van der Waals surface area contributed by atoms with Crippen LogP contribution in [0.15, 0.2) is 12.1 Å². The molecule has 20 heavy (non-hydrogen) atoms. The average Bonchev–Trinajstić information content (AvgIpc) is 2.75. The van der Waals surface area contributed by atoms with E-state index < -0.39 is 0 Å². The molecule has 1 saturated heterocycles. The number of hydrogen-bond acceptors (Lipinski definition) is 1. The van der Waals surface area contributed by atoms with Crippen LogP contribution in [-0.2, 0) is 13.0 Å². The molecular formula is C18H24N2. The van der Waals surface area contributed by atoms with Gasteiger partial charge in [-0.25, -0.2) is 0 Å². The number of aromatic nitrogens is 1. The quantitative estimate of drug-likeness (QED) is 0.826. The highest BCUT2D eigenvalue weighted by Crippen LogP contribution is 2.35. The molecule has 106 valence electrons. The molecule has 1 aromatic carbocycles. The van der Waals surface area contributed by atoms with E-state index in [1.165, 1.54) is 72.9 Å². The third kappa shape index (κ3) is 1.74. The molecule has 2 nitrogen and oxygen atoms in total. The van der Waals surface area contributed by atoms with Crippen molar-refractivity contribution in [2.24, 2.45) is 0 Å². The van der Waals surface area contributed by atoms with Gasteiger partial charge in [0.25, 0.3) is 0 Å². The Labute approximate surface area is 121 Å². The Balaban J connectivity index is 1.91. The molecule has 0 spiro atoms. The van der Waals surface area contributed by atoms with Crippen LogP contribution in [0, 0.1) is 13.8 Å². The molecule has 0 amide bonds. The van der Waals surface area contributed by atoms with E-state index in [0.29, 0.717) is 6.04 Å². The Kier molecular flexibility index (Phi) is 2.88. The lowest BCUT2D eigenvalue weighted by Crippen LogP contribution is -2.27. The van der Waals surface area contributed by atoms with E-state index in [9.17, 15) is 0 Å². The normalized spacial score (nSPS) is 22.4. The van der Waals surface area contributed by atoms with Gasteiger partial charge in [0.15, 0.2) is 0 Å². The molecule has 2 heteroatoms. The lowest BCUT2D eigenvalue weighted by Gasteiger charge is -2.25. The molecule has 1 aromatic heterocycles. The molecule has 0 aliphatic carbocycles. The number of nitrogens with zero attached hydrogens (tertiary/aromatic N) is 1. The molecule has 1 atom stereocenters. The lowest BCUT2D eigenvalue weighted by molar-refractivity contribution is 0.412. The van der Waals surface area contributed by atoms with Crippen molar-refractivity contribution in [2.75, 3.05) is 6.54 Å². The van der Waals surface area contributed by atoms with Crippen LogP contribution < -0.4 is 5.32 Å². The lowest BCUT2D eigenvalue weighted by atomic mass is 9.92. The number of nitrogens with one attached hydrogen (secondary N) is 1. The number of aryl methyl sites for hydroxylation is 3. The fraction of sp³-hybridized carbons (Fsp3) is 0.556. The smallest absolute Gasteiger partial charge is 0.0517 e. The third-order valence-electron chi connectivity index (χ3n) is 5.37. The summed E-state index contributed by atoms with van der Waals surface area (Å²) in [5.74, 6) is 0. The van der Waals surface area contributed by atoms with E-state index in [1.54, 1.807) is 5.56 Å². The van der Waals surface area contributed by atoms with Gasteiger partial charge in [0, 0.05) is 23.7 Å². The average molecular weight is 268 g/mol. The Morgan fingerprint density at radius 2 is 2.05 bits per heavy atom. The van der Waals surface area contributed by atoms with Crippen molar-refractivity contribution in [1.29, 1.82) is 0 Å². The van der Waals surface area contributed by atoms with Crippen molar-refractivity contribution >= 4 is 10.9 Å². The second-order valence-electron chi connectivity index (χ2n) is 6.54. The van der Waals surface area contributed by atoms with Crippen LogP contribution in [-0.4, -0.2) is 11.1 Å². The van der Waals surface area contributed by atoms with Gasteiger partial charge in [-0.3, -0.25) is 0 Å². The number of piperidine rings is 1. The highest BCUT2D eigenvalue weighted by Gasteiger charge is 2.22. The Morgan fingerprint density at radius 3 is 2.85 bits per heavy atom. The maximum absolute atomic E-state index is 3.70. The fourth-order valence-corrected chi connectivity index (χ4v) is 4.12. The van der Waals surface area contributed by atoms with E-state index in [2.05, 4.69) is 35.9 Å². The number of benzene rings is 1. The van der Waals surface area contributed by atoms with Gasteiger partial charge in [-0.15, -0.1) is 0 Å². The van der Waals surface area contributed by atoms with Gasteiger partial charge >= 0.3 is 0 Å². The summed E-state index contributed by atoms with van der Waals surface area (Å²) in [5, 5.41) is 5.21. The van der Waals surface area contributed by atoms with E-state index >= 15 is 0 Å². The third-order valence-corrected chi connectivity index (χ3v) is 5.37. The maximum Gasteiger partial charge on any atom is 0.0517 e. The predicted octanol–water partition coefficient (Wildman–Crippen LogP) is 4.02. The van der Waals surface area contributed by atoms with Gasteiger partial charge < -0.3 is 9.88 Å². The summed E-state index contributed by atoms with van der Waals surface area (Å²) >= 11 is 0. The zero-order chi connectivity index (χ0) is 13.7. The van der Waals surface area contributed by atoms with E-state index in [-0.39, 0.29) is 0 Å². The zero-order valence-corrected chi connectivity index (χ0v) is 12.6. The van der Waals surface area contributed by atoms with Crippen LogP contribution in [0.4, 0.5) is 0 Å². The summed E-state index contributed by atoms with van der Waals surface area (Å²) < 4.78 is 2.54. The predicted molar refractivity (Wildman–Crippen MR) is 84.3 cm³/mol. The molecule has 0 radical (unpaired) electrons. The topological polar surface area (TPSA) is 17.0 Å². The summed E-state index contributed by atoms with van der Waals surface area (Å²) in [4.78, 5) is 0. The largest absolute Gasteiger partial charge is 0.344 e. The van der Waals surface area contributed by atoms with Crippen LogP contribution in [0.25, 0.3) is 10.9 Å². The van der Waals surface area contributed by atoms with Gasteiger partial charge in [0.1, 0.15) is 0 Å². The summed E-state index contributed by atoms with van der Waals surface area (Å²) in [6.07, 6.45) is 6.53. The van der Waals surface area contributed by atoms with Crippen molar-refractivity contribution < 1.29 is 0 Å². The first-order valence-corrected chi connectivity index (χ1v) is 8.11. The second-order valence-corrected chi connectivity index (χ2v) is 6.54. The highest BCUT2D eigenvalue weighted by molar-refractivity contribution is 5.89. The van der Waals surface area contributed by atoms with Gasteiger partial charge in [-0.2, -0.15) is 0 Å². The van der Waals surface area contributed by atoms with Crippen LogP contribution in [0.2, 0.25) is 0 Å². The molecule has 1 N–H and O–H groups in total. The molecule has 1 unspecified atom stereocenters. The maximum atomic E-state index is 3.70. The Hall–Kier alpha value is -1.28. The molecule has 2 aromatic rings. The molecule has 1 fully saturated rings. The zero-order valence-electron chi connectivity index (χ0n) is 12.6.